The maximum atomic E-state index is 12.7. The van der Waals surface area contributed by atoms with Crippen LogP contribution in [0, 0.1) is 0 Å². The van der Waals surface area contributed by atoms with Crippen LogP contribution in [0.4, 0.5) is 0 Å². The number of rotatable bonds is 4. The van der Waals surface area contributed by atoms with Crippen LogP contribution in [0.15, 0.2) is 48.5 Å². The summed E-state index contributed by atoms with van der Waals surface area (Å²) in [6.45, 7) is 4.39. The van der Waals surface area contributed by atoms with Gasteiger partial charge in [0, 0.05) is 10.6 Å². The fourth-order valence-corrected chi connectivity index (χ4v) is 3.21. The van der Waals surface area contributed by atoms with Gasteiger partial charge in [0.1, 0.15) is 12.3 Å². The minimum atomic E-state index is 0.0537. The highest BCUT2D eigenvalue weighted by molar-refractivity contribution is 6.30. The van der Waals surface area contributed by atoms with Gasteiger partial charge in [-0.05, 0) is 24.3 Å². The summed E-state index contributed by atoms with van der Waals surface area (Å²) < 4.78 is 5.30. The van der Waals surface area contributed by atoms with Gasteiger partial charge in [0.25, 0.3) is 5.91 Å². The maximum absolute atomic E-state index is 12.7. The van der Waals surface area contributed by atoms with E-state index in [-0.39, 0.29) is 5.91 Å². The van der Waals surface area contributed by atoms with Crippen LogP contribution >= 0.6 is 11.6 Å². The summed E-state index contributed by atoms with van der Waals surface area (Å²) in [5.74, 6) is 0.691. The molecule has 0 aliphatic carbocycles. The van der Waals surface area contributed by atoms with Gasteiger partial charge in [-0.2, -0.15) is 0 Å². The van der Waals surface area contributed by atoms with Gasteiger partial charge in [0.2, 0.25) is 0 Å². The SMILES string of the molecule is COc1ccccc1C(=O)N1CC[NH+](Cc2ccc(Cl)cc2)CC1. The number of methoxy groups -OCH3 is 1. The molecule has 0 saturated carbocycles. The van der Waals surface area contributed by atoms with Gasteiger partial charge in [-0.1, -0.05) is 35.9 Å². The Morgan fingerprint density at radius 3 is 2.46 bits per heavy atom. The molecule has 1 aliphatic rings. The number of benzene rings is 2. The number of hydrogen-bond donors (Lipinski definition) is 1. The first-order valence-corrected chi connectivity index (χ1v) is 8.55. The van der Waals surface area contributed by atoms with Crippen LogP contribution in [0.25, 0.3) is 0 Å². The second-order valence-corrected chi connectivity index (χ2v) is 6.48. The Balaban J connectivity index is 1.58. The molecule has 0 aromatic heterocycles. The van der Waals surface area contributed by atoms with Gasteiger partial charge in [-0.25, -0.2) is 0 Å². The molecule has 1 heterocycles. The zero-order chi connectivity index (χ0) is 16.9. The van der Waals surface area contributed by atoms with Crippen LogP contribution in [-0.4, -0.2) is 44.1 Å². The lowest BCUT2D eigenvalue weighted by molar-refractivity contribution is -0.917. The quantitative estimate of drug-likeness (QED) is 0.918. The maximum Gasteiger partial charge on any atom is 0.258 e. The first kappa shape index (κ1) is 16.8. The highest BCUT2D eigenvalue weighted by Gasteiger charge is 2.26. The summed E-state index contributed by atoms with van der Waals surface area (Å²) >= 11 is 5.93. The van der Waals surface area contributed by atoms with Crippen LogP contribution in [-0.2, 0) is 6.54 Å². The number of hydrogen-bond acceptors (Lipinski definition) is 2. The minimum Gasteiger partial charge on any atom is -0.496 e. The summed E-state index contributed by atoms with van der Waals surface area (Å²) in [5, 5.41) is 0.765. The molecule has 1 saturated heterocycles. The molecule has 3 rings (SSSR count). The molecule has 0 radical (unpaired) electrons. The summed E-state index contributed by atoms with van der Waals surface area (Å²) in [5.41, 5.74) is 1.92. The molecule has 24 heavy (non-hydrogen) atoms. The van der Waals surface area contributed by atoms with Crippen molar-refractivity contribution in [2.45, 2.75) is 6.54 Å². The molecule has 1 N–H and O–H groups in total. The Kier molecular flexibility index (Phi) is 5.38. The van der Waals surface area contributed by atoms with E-state index in [0.717, 1.165) is 37.7 Å². The summed E-state index contributed by atoms with van der Waals surface area (Å²) in [4.78, 5) is 16.1. The lowest BCUT2D eigenvalue weighted by atomic mass is 10.1. The number of para-hydroxylation sites is 1. The average molecular weight is 346 g/mol. The number of ether oxygens (including phenoxy) is 1. The topological polar surface area (TPSA) is 34.0 Å². The number of quaternary nitrogens is 1. The first-order valence-electron chi connectivity index (χ1n) is 8.17. The lowest BCUT2D eigenvalue weighted by Crippen LogP contribution is -3.13. The Labute approximate surface area is 147 Å². The largest absolute Gasteiger partial charge is 0.496 e. The molecular formula is C19H22ClN2O2+. The molecule has 0 atom stereocenters. The van der Waals surface area contributed by atoms with Crippen molar-refractivity contribution in [3.05, 3.63) is 64.7 Å². The van der Waals surface area contributed by atoms with Crippen molar-refractivity contribution in [3.8, 4) is 5.75 Å². The molecule has 4 nitrogen and oxygen atoms in total. The van der Waals surface area contributed by atoms with Gasteiger partial charge >= 0.3 is 0 Å². The summed E-state index contributed by atoms with van der Waals surface area (Å²) in [6.07, 6.45) is 0. The molecule has 2 aromatic carbocycles. The number of nitrogens with one attached hydrogen (secondary N) is 1. The molecule has 1 fully saturated rings. The van der Waals surface area contributed by atoms with Gasteiger partial charge < -0.3 is 14.5 Å². The molecule has 1 amide bonds. The van der Waals surface area contributed by atoms with Crippen LogP contribution < -0.4 is 9.64 Å². The molecule has 1 aliphatic heterocycles. The standard InChI is InChI=1S/C19H21ClN2O2/c1-24-18-5-3-2-4-17(18)19(23)22-12-10-21(11-13-22)14-15-6-8-16(20)9-7-15/h2-9H,10-14H2,1H3/p+1. The van der Waals surface area contributed by atoms with Crippen LogP contribution in [0.3, 0.4) is 0 Å². The first-order chi connectivity index (χ1) is 11.7. The molecule has 126 valence electrons. The van der Waals surface area contributed by atoms with E-state index in [9.17, 15) is 4.79 Å². The molecule has 0 unspecified atom stereocenters. The number of nitrogens with zero attached hydrogens (tertiary/aromatic N) is 1. The van der Waals surface area contributed by atoms with Crippen LogP contribution in [0.2, 0.25) is 5.02 Å². The molecule has 0 bridgehead atoms. The monoisotopic (exact) mass is 345 g/mol. The average Bonchev–Trinajstić information content (AvgIpc) is 2.63. The zero-order valence-corrected chi connectivity index (χ0v) is 14.6. The number of piperazine rings is 1. The minimum absolute atomic E-state index is 0.0537. The van der Waals surface area contributed by atoms with Crippen molar-refractivity contribution >= 4 is 17.5 Å². The van der Waals surface area contributed by atoms with Crippen LogP contribution in [0.1, 0.15) is 15.9 Å². The van der Waals surface area contributed by atoms with E-state index in [1.807, 2.05) is 41.3 Å². The summed E-state index contributed by atoms with van der Waals surface area (Å²) in [7, 11) is 1.60. The number of carbonyl (C=O) groups excluding carboxylic acids is 1. The molecule has 0 spiro atoms. The van der Waals surface area contributed by atoms with Gasteiger partial charge in [-0.15, -0.1) is 0 Å². The molecule has 5 heteroatoms. The zero-order valence-electron chi connectivity index (χ0n) is 13.8. The fourth-order valence-electron chi connectivity index (χ4n) is 3.09. The van der Waals surface area contributed by atoms with E-state index in [1.165, 1.54) is 10.5 Å². The van der Waals surface area contributed by atoms with Crippen molar-refractivity contribution in [1.29, 1.82) is 0 Å². The van der Waals surface area contributed by atoms with Crippen molar-refractivity contribution in [3.63, 3.8) is 0 Å². The number of amides is 1. The van der Waals surface area contributed by atoms with E-state index in [0.29, 0.717) is 11.3 Å². The van der Waals surface area contributed by atoms with E-state index in [2.05, 4.69) is 12.1 Å². The van der Waals surface area contributed by atoms with E-state index in [1.54, 1.807) is 7.11 Å². The fraction of sp³-hybridized carbons (Fsp3) is 0.316. The smallest absolute Gasteiger partial charge is 0.258 e. The lowest BCUT2D eigenvalue weighted by Gasteiger charge is -2.32. The highest BCUT2D eigenvalue weighted by atomic mass is 35.5. The van der Waals surface area contributed by atoms with E-state index < -0.39 is 0 Å². The van der Waals surface area contributed by atoms with Crippen molar-refractivity contribution in [2.75, 3.05) is 33.3 Å². The summed E-state index contributed by atoms with van der Waals surface area (Å²) in [6, 6.07) is 15.4. The predicted octanol–water partition coefficient (Wildman–Crippen LogP) is 1.89. The normalized spacial score (nSPS) is 15.3. The highest BCUT2D eigenvalue weighted by Crippen LogP contribution is 2.19. The predicted molar refractivity (Wildman–Crippen MR) is 94.8 cm³/mol. The van der Waals surface area contributed by atoms with Gasteiger partial charge in [0.05, 0.1) is 38.9 Å². The van der Waals surface area contributed by atoms with Crippen LogP contribution in [0.5, 0.6) is 5.75 Å². The molecular weight excluding hydrogens is 324 g/mol. The van der Waals surface area contributed by atoms with Crippen molar-refractivity contribution < 1.29 is 14.4 Å². The Hall–Kier alpha value is -2.04. The third kappa shape index (κ3) is 3.89. The Morgan fingerprint density at radius 1 is 1.12 bits per heavy atom. The van der Waals surface area contributed by atoms with Crippen molar-refractivity contribution in [2.24, 2.45) is 0 Å². The van der Waals surface area contributed by atoms with E-state index in [4.69, 9.17) is 16.3 Å². The molecule has 2 aromatic rings. The second-order valence-electron chi connectivity index (χ2n) is 6.05. The van der Waals surface area contributed by atoms with Gasteiger partial charge in [-0.3, -0.25) is 4.79 Å². The Morgan fingerprint density at radius 2 is 1.79 bits per heavy atom. The Bertz CT molecular complexity index is 695. The van der Waals surface area contributed by atoms with E-state index >= 15 is 0 Å². The number of halogens is 1. The van der Waals surface area contributed by atoms with Gasteiger partial charge in [0.15, 0.2) is 0 Å². The number of carbonyl (C=O) groups is 1. The van der Waals surface area contributed by atoms with Crippen molar-refractivity contribution in [1.82, 2.24) is 4.90 Å². The third-order valence-corrected chi connectivity index (χ3v) is 4.71. The second kappa shape index (κ2) is 7.69. The third-order valence-electron chi connectivity index (χ3n) is 4.46.